The first-order valence-electron chi connectivity index (χ1n) is 11.7. The molecule has 0 saturated carbocycles. The van der Waals surface area contributed by atoms with E-state index in [-0.39, 0.29) is 11.8 Å². The van der Waals surface area contributed by atoms with E-state index in [0.29, 0.717) is 25.9 Å². The lowest BCUT2D eigenvalue weighted by atomic mass is 9.81. The molecule has 170 valence electrons. The molecule has 0 bridgehead atoms. The normalized spacial score (nSPS) is 17.5. The van der Waals surface area contributed by atoms with Gasteiger partial charge in [0.15, 0.2) is 0 Å². The Labute approximate surface area is 199 Å². The summed E-state index contributed by atoms with van der Waals surface area (Å²) in [5, 5.41) is 0. The third-order valence-corrected chi connectivity index (χ3v) is 6.50. The van der Waals surface area contributed by atoms with Gasteiger partial charge in [-0.05, 0) is 36.1 Å². The summed E-state index contributed by atoms with van der Waals surface area (Å²) >= 11 is 0. The van der Waals surface area contributed by atoms with Gasteiger partial charge in [0.05, 0.1) is 22.9 Å². The molecule has 1 aliphatic carbocycles. The highest BCUT2D eigenvalue weighted by Crippen LogP contribution is 2.31. The van der Waals surface area contributed by atoms with E-state index in [1.165, 1.54) is 0 Å². The predicted octanol–water partition coefficient (Wildman–Crippen LogP) is 5.49. The lowest BCUT2D eigenvalue weighted by Crippen LogP contribution is -2.42. The number of hydrogen-bond acceptors (Lipinski definition) is 3. The summed E-state index contributed by atoms with van der Waals surface area (Å²) in [5.41, 5.74) is 3.70. The number of hydrogen-bond donors (Lipinski definition) is 0. The standard InChI is InChI=1S/C29H27N3O2/c33-28(31(19-22-11-3-1-4-12-22)20-23-13-5-2-6-14-23)24-15-7-8-16-25(24)29(34)32-21-30-26-17-9-10-18-27(26)32/h1-14,17-18,21,24-25H,15-16,19-20H2. The fraction of sp³-hybridized carbons (Fsp3) is 0.207. The first-order chi connectivity index (χ1) is 16.7. The van der Waals surface area contributed by atoms with Gasteiger partial charge in [0.25, 0.3) is 0 Å². The molecule has 0 radical (unpaired) electrons. The molecule has 34 heavy (non-hydrogen) atoms. The van der Waals surface area contributed by atoms with Gasteiger partial charge in [0.1, 0.15) is 6.33 Å². The molecule has 5 heteroatoms. The molecule has 0 saturated heterocycles. The summed E-state index contributed by atoms with van der Waals surface area (Å²) in [6.07, 6.45) is 6.73. The Morgan fingerprint density at radius 3 is 1.97 bits per heavy atom. The highest BCUT2D eigenvalue weighted by molar-refractivity contribution is 5.94. The molecular formula is C29H27N3O2. The maximum Gasteiger partial charge on any atom is 0.236 e. The molecule has 0 N–H and O–H groups in total. The van der Waals surface area contributed by atoms with E-state index in [1.807, 2.05) is 102 Å². The Balaban J connectivity index is 1.44. The van der Waals surface area contributed by atoms with Crippen LogP contribution in [0.2, 0.25) is 0 Å². The highest BCUT2D eigenvalue weighted by atomic mass is 16.2. The Kier molecular flexibility index (Phi) is 6.34. The zero-order chi connectivity index (χ0) is 23.3. The second-order valence-electron chi connectivity index (χ2n) is 8.76. The third kappa shape index (κ3) is 4.55. The van der Waals surface area contributed by atoms with E-state index in [4.69, 9.17) is 0 Å². The van der Waals surface area contributed by atoms with Crippen LogP contribution in [-0.4, -0.2) is 26.3 Å². The van der Waals surface area contributed by atoms with Crippen molar-refractivity contribution in [2.45, 2.75) is 25.9 Å². The van der Waals surface area contributed by atoms with Gasteiger partial charge in [-0.2, -0.15) is 0 Å². The molecule has 4 aromatic rings. The molecule has 5 rings (SSSR count). The second-order valence-corrected chi connectivity index (χ2v) is 8.76. The summed E-state index contributed by atoms with van der Waals surface area (Å²) in [4.78, 5) is 33.9. The van der Waals surface area contributed by atoms with Gasteiger partial charge in [-0.15, -0.1) is 0 Å². The van der Waals surface area contributed by atoms with Gasteiger partial charge < -0.3 is 4.90 Å². The van der Waals surface area contributed by atoms with Crippen molar-refractivity contribution in [2.75, 3.05) is 0 Å². The summed E-state index contributed by atoms with van der Waals surface area (Å²) < 4.78 is 1.61. The number of para-hydroxylation sites is 2. The summed E-state index contributed by atoms with van der Waals surface area (Å²) in [5.74, 6) is -0.897. The average Bonchev–Trinajstić information content (AvgIpc) is 3.33. The first-order valence-corrected chi connectivity index (χ1v) is 11.7. The van der Waals surface area contributed by atoms with Crippen LogP contribution in [0, 0.1) is 11.8 Å². The number of carbonyl (C=O) groups excluding carboxylic acids is 2. The number of benzene rings is 3. The summed E-state index contributed by atoms with van der Waals surface area (Å²) in [6, 6.07) is 27.6. The van der Waals surface area contributed by atoms with Gasteiger partial charge in [0.2, 0.25) is 11.8 Å². The van der Waals surface area contributed by atoms with Crippen molar-refractivity contribution in [1.82, 2.24) is 14.5 Å². The van der Waals surface area contributed by atoms with Crippen LogP contribution in [0.4, 0.5) is 0 Å². The summed E-state index contributed by atoms with van der Waals surface area (Å²) in [7, 11) is 0. The third-order valence-electron chi connectivity index (χ3n) is 6.50. The number of aromatic nitrogens is 2. The van der Waals surface area contributed by atoms with Crippen LogP contribution in [0.1, 0.15) is 28.8 Å². The first kappa shape index (κ1) is 21.8. The second kappa shape index (κ2) is 9.87. The fourth-order valence-electron chi connectivity index (χ4n) is 4.73. The minimum absolute atomic E-state index is 0.0137. The molecular weight excluding hydrogens is 422 g/mol. The van der Waals surface area contributed by atoms with Gasteiger partial charge in [0, 0.05) is 13.1 Å². The molecule has 1 aromatic heterocycles. The van der Waals surface area contributed by atoms with Crippen LogP contribution in [0.15, 0.2) is 103 Å². The fourth-order valence-corrected chi connectivity index (χ4v) is 4.73. The van der Waals surface area contributed by atoms with Crippen LogP contribution in [0.25, 0.3) is 11.0 Å². The molecule has 1 heterocycles. The maximum atomic E-state index is 14.0. The van der Waals surface area contributed by atoms with E-state index in [2.05, 4.69) is 4.98 Å². The van der Waals surface area contributed by atoms with Crippen LogP contribution in [0.5, 0.6) is 0 Å². The van der Waals surface area contributed by atoms with Gasteiger partial charge in [-0.3, -0.25) is 14.2 Å². The van der Waals surface area contributed by atoms with E-state index in [1.54, 1.807) is 10.9 Å². The monoisotopic (exact) mass is 449 g/mol. The highest BCUT2D eigenvalue weighted by Gasteiger charge is 2.37. The molecule has 2 atom stereocenters. The van der Waals surface area contributed by atoms with Crippen molar-refractivity contribution in [1.29, 1.82) is 0 Å². The molecule has 1 aliphatic rings. The van der Waals surface area contributed by atoms with Crippen molar-refractivity contribution >= 4 is 22.8 Å². The van der Waals surface area contributed by atoms with E-state index < -0.39 is 11.8 Å². The minimum atomic E-state index is -0.427. The van der Waals surface area contributed by atoms with Crippen molar-refractivity contribution < 1.29 is 9.59 Å². The van der Waals surface area contributed by atoms with Crippen LogP contribution >= 0.6 is 0 Å². The predicted molar refractivity (Wildman–Crippen MR) is 133 cm³/mol. The van der Waals surface area contributed by atoms with Crippen molar-refractivity contribution in [3.8, 4) is 0 Å². The molecule has 3 aromatic carbocycles. The van der Waals surface area contributed by atoms with Crippen LogP contribution < -0.4 is 0 Å². The maximum absolute atomic E-state index is 14.0. The number of imidazole rings is 1. The molecule has 1 amide bonds. The summed E-state index contributed by atoms with van der Waals surface area (Å²) in [6.45, 7) is 1.01. The van der Waals surface area contributed by atoms with Gasteiger partial charge in [-0.1, -0.05) is 84.9 Å². The zero-order valence-electron chi connectivity index (χ0n) is 19.0. The molecule has 0 fully saturated rings. The molecule has 2 unspecified atom stereocenters. The van der Waals surface area contributed by atoms with E-state index in [0.717, 1.165) is 22.2 Å². The minimum Gasteiger partial charge on any atom is -0.334 e. The van der Waals surface area contributed by atoms with Gasteiger partial charge in [-0.25, -0.2) is 4.98 Å². The number of amides is 1. The van der Waals surface area contributed by atoms with E-state index >= 15 is 0 Å². The lowest BCUT2D eigenvalue weighted by Gasteiger charge is -2.32. The quantitative estimate of drug-likeness (QED) is 0.366. The Morgan fingerprint density at radius 1 is 0.765 bits per heavy atom. The number of nitrogens with zero attached hydrogens (tertiary/aromatic N) is 3. The van der Waals surface area contributed by atoms with Gasteiger partial charge >= 0.3 is 0 Å². The smallest absolute Gasteiger partial charge is 0.236 e. The zero-order valence-corrected chi connectivity index (χ0v) is 19.0. The number of rotatable bonds is 6. The lowest BCUT2D eigenvalue weighted by molar-refractivity contribution is -0.138. The Morgan fingerprint density at radius 2 is 1.32 bits per heavy atom. The molecule has 5 nitrogen and oxygen atoms in total. The number of carbonyl (C=O) groups is 2. The van der Waals surface area contributed by atoms with Crippen molar-refractivity contribution in [3.05, 3.63) is 115 Å². The van der Waals surface area contributed by atoms with E-state index in [9.17, 15) is 9.59 Å². The largest absolute Gasteiger partial charge is 0.334 e. The molecule has 0 aliphatic heterocycles. The average molecular weight is 450 g/mol. The number of allylic oxidation sites excluding steroid dienone is 2. The Bertz CT molecular complexity index is 1270. The van der Waals surface area contributed by atoms with Crippen LogP contribution in [-0.2, 0) is 17.9 Å². The topological polar surface area (TPSA) is 55.2 Å². The van der Waals surface area contributed by atoms with Crippen molar-refractivity contribution in [2.24, 2.45) is 11.8 Å². The number of fused-ring (bicyclic) bond motifs is 1. The molecule has 0 spiro atoms. The van der Waals surface area contributed by atoms with Crippen LogP contribution in [0.3, 0.4) is 0 Å². The SMILES string of the molecule is O=C(C1CC=CCC1C(=O)n1cnc2ccccc21)N(Cc1ccccc1)Cc1ccccc1. The van der Waals surface area contributed by atoms with Crippen molar-refractivity contribution in [3.63, 3.8) is 0 Å². The Hall–Kier alpha value is -3.99.